The van der Waals surface area contributed by atoms with Crippen molar-refractivity contribution >= 4 is 46.3 Å². The van der Waals surface area contributed by atoms with Gasteiger partial charge in [0.15, 0.2) is 5.69 Å². The van der Waals surface area contributed by atoms with E-state index in [0.29, 0.717) is 20.8 Å². The van der Waals surface area contributed by atoms with Crippen LogP contribution >= 0.6 is 46.3 Å². The molecule has 162 valence electrons. The summed E-state index contributed by atoms with van der Waals surface area (Å²) in [5, 5.41) is 51.0. The minimum Gasteiger partial charge on any atom is -0.394 e. The van der Waals surface area contributed by atoms with Crippen LogP contribution in [0.4, 0.5) is 0 Å². The van der Waals surface area contributed by atoms with Crippen LogP contribution in [0.5, 0.6) is 0 Å². The molecule has 3 aromatic rings. The van der Waals surface area contributed by atoms with Gasteiger partial charge < -0.3 is 20.1 Å². The van der Waals surface area contributed by atoms with Gasteiger partial charge in [0.05, 0.1) is 17.8 Å². The number of thioether (sulfide) groups is 1. The molecule has 1 fully saturated rings. The first kappa shape index (κ1) is 22.4. The Labute approximate surface area is 194 Å². The lowest BCUT2D eigenvalue weighted by Crippen LogP contribution is -2.55. The van der Waals surface area contributed by atoms with E-state index in [1.54, 1.807) is 5.38 Å². The Balaban J connectivity index is 1.60. The van der Waals surface area contributed by atoms with Gasteiger partial charge in [-0.15, -0.1) is 16.4 Å². The summed E-state index contributed by atoms with van der Waals surface area (Å²) in [4.78, 5) is 8.64. The Morgan fingerprint density at radius 1 is 1.32 bits per heavy atom. The highest BCUT2D eigenvalue weighted by Crippen LogP contribution is 2.38. The number of nitrogens with zero attached hydrogens (tertiary/aromatic N) is 6. The van der Waals surface area contributed by atoms with E-state index >= 15 is 0 Å². The van der Waals surface area contributed by atoms with Gasteiger partial charge in [-0.05, 0) is 6.07 Å². The summed E-state index contributed by atoms with van der Waals surface area (Å²) in [5.74, 6) is 0. The minimum atomic E-state index is -1.26. The van der Waals surface area contributed by atoms with E-state index in [-0.39, 0.29) is 10.7 Å². The topological polar surface area (TPSA) is 150 Å². The summed E-state index contributed by atoms with van der Waals surface area (Å²) < 4.78 is 7.02. The summed E-state index contributed by atoms with van der Waals surface area (Å²) in [7, 11) is 0. The summed E-state index contributed by atoms with van der Waals surface area (Å²) in [6.07, 6.45) is -0.498. The van der Waals surface area contributed by atoms with E-state index < -0.39 is 36.4 Å². The molecule has 5 atom stereocenters. The zero-order chi connectivity index (χ0) is 22.1. The Morgan fingerprint density at radius 3 is 2.77 bits per heavy atom. The van der Waals surface area contributed by atoms with Crippen LogP contribution in [0.3, 0.4) is 0 Å². The summed E-state index contributed by atoms with van der Waals surface area (Å²) in [6.45, 7) is -0.475. The molecular formula is C17H14Cl2N6O4S2. The molecule has 1 aliphatic rings. The highest BCUT2D eigenvalue weighted by atomic mass is 35.5. The molecule has 4 heterocycles. The van der Waals surface area contributed by atoms with Crippen molar-refractivity contribution in [3.63, 3.8) is 0 Å². The van der Waals surface area contributed by atoms with Gasteiger partial charge in [0, 0.05) is 16.5 Å². The third kappa shape index (κ3) is 4.55. The largest absolute Gasteiger partial charge is 0.394 e. The van der Waals surface area contributed by atoms with Gasteiger partial charge in [-0.1, -0.05) is 40.2 Å². The van der Waals surface area contributed by atoms with Crippen LogP contribution in [-0.2, 0) is 4.74 Å². The van der Waals surface area contributed by atoms with Crippen LogP contribution in [0.25, 0.3) is 10.7 Å². The number of ether oxygens (including phenoxy) is 1. The maximum absolute atomic E-state index is 11.0. The smallest absolute Gasteiger partial charge is 0.159 e. The second-order valence-electron chi connectivity index (χ2n) is 6.49. The summed E-state index contributed by atoms with van der Waals surface area (Å²) in [5.41, 5.74) is -0.385. The normalized spacial score (nSPS) is 26.0. The number of thiazole rings is 1. The van der Waals surface area contributed by atoms with E-state index in [2.05, 4.69) is 20.3 Å². The van der Waals surface area contributed by atoms with E-state index in [1.165, 1.54) is 34.5 Å². The monoisotopic (exact) mass is 500 g/mol. The van der Waals surface area contributed by atoms with E-state index in [1.807, 2.05) is 6.07 Å². The quantitative estimate of drug-likeness (QED) is 0.472. The molecule has 3 N–H and O–H groups in total. The Bertz CT molecular complexity index is 1120. The molecular weight excluding hydrogens is 487 g/mol. The molecule has 0 radical (unpaired) electrons. The summed E-state index contributed by atoms with van der Waals surface area (Å²) in [6, 6.07) is 2.45. The van der Waals surface area contributed by atoms with E-state index in [0.717, 1.165) is 11.8 Å². The van der Waals surface area contributed by atoms with Crippen LogP contribution in [0.15, 0.2) is 28.7 Å². The van der Waals surface area contributed by atoms with Crippen molar-refractivity contribution in [3.05, 3.63) is 39.7 Å². The van der Waals surface area contributed by atoms with Gasteiger partial charge in [0.2, 0.25) is 0 Å². The number of halogens is 2. The van der Waals surface area contributed by atoms with Crippen molar-refractivity contribution < 1.29 is 20.1 Å². The highest BCUT2D eigenvalue weighted by molar-refractivity contribution is 7.99. The minimum absolute atomic E-state index is 0.0788. The third-order valence-corrected chi connectivity index (χ3v) is 7.13. The molecule has 1 saturated heterocycles. The third-order valence-electron chi connectivity index (χ3n) is 4.53. The molecule has 4 rings (SSSR count). The molecule has 0 spiro atoms. The first-order chi connectivity index (χ1) is 14.9. The number of nitriles is 1. The molecule has 10 nitrogen and oxygen atoms in total. The maximum atomic E-state index is 11.0. The Kier molecular flexibility index (Phi) is 6.75. The molecule has 0 bridgehead atoms. The maximum Gasteiger partial charge on any atom is 0.159 e. The van der Waals surface area contributed by atoms with Crippen molar-refractivity contribution in [1.29, 1.82) is 5.26 Å². The number of rotatable bonds is 5. The van der Waals surface area contributed by atoms with Crippen molar-refractivity contribution in [2.24, 2.45) is 0 Å². The number of hydrogen-bond donors (Lipinski definition) is 3. The summed E-state index contributed by atoms with van der Waals surface area (Å²) >= 11 is 14.3. The van der Waals surface area contributed by atoms with Crippen molar-refractivity contribution in [2.45, 2.75) is 34.7 Å². The van der Waals surface area contributed by atoms with Gasteiger partial charge in [-0.3, -0.25) is 0 Å². The molecule has 0 aliphatic carbocycles. The van der Waals surface area contributed by atoms with Crippen LogP contribution in [0.2, 0.25) is 10.2 Å². The van der Waals surface area contributed by atoms with Crippen LogP contribution in [-0.4, -0.2) is 70.6 Å². The first-order valence-corrected chi connectivity index (χ1v) is 11.3. The number of aromatic nitrogens is 5. The average molecular weight is 501 g/mol. The number of aliphatic hydroxyl groups is 3. The van der Waals surface area contributed by atoms with Gasteiger partial charge in [-0.25, -0.2) is 14.6 Å². The SMILES string of the molecule is N#Cc1ncc(S[C@H]2OC(CO)[C@H](O)C(n3cc(-c4nc(Cl)cs4)nn3)C2O)cc1Cl. The first-order valence-electron chi connectivity index (χ1n) is 8.79. The standard InChI is InChI=1S/C17H14Cl2N6O4S2/c18-8-1-7(3-21-9(8)2-20)31-17-15(28)13(14(27)11(5-26)29-17)25-4-10(23-24-25)16-22-12(19)6-30-16/h1,3-4,6,11,13-15,17,26-28H,5H2/t11?,13?,14-,15?,17+/m0/s1. The zero-order valence-corrected chi connectivity index (χ0v) is 18.6. The lowest BCUT2D eigenvalue weighted by Gasteiger charge is -2.41. The average Bonchev–Trinajstić information content (AvgIpc) is 3.39. The molecule has 31 heavy (non-hydrogen) atoms. The van der Waals surface area contributed by atoms with Gasteiger partial charge in [-0.2, -0.15) is 5.26 Å². The lowest BCUT2D eigenvalue weighted by molar-refractivity contribution is -0.178. The fraction of sp³-hybridized carbons (Fsp3) is 0.353. The zero-order valence-electron chi connectivity index (χ0n) is 15.4. The Hall–Kier alpha value is -1.82. The molecule has 3 aromatic heterocycles. The molecule has 0 amide bonds. The molecule has 1 aliphatic heterocycles. The van der Waals surface area contributed by atoms with Crippen LogP contribution in [0.1, 0.15) is 11.7 Å². The highest BCUT2D eigenvalue weighted by Gasteiger charge is 2.46. The van der Waals surface area contributed by atoms with Crippen molar-refractivity contribution in [3.8, 4) is 16.8 Å². The van der Waals surface area contributed by atoms with Crippen molar-refractivity contribution in [1.82, 2.24) is 25.0 Å². The van der Waals surface area contributed by atoms with Crippen molar-refractivity contribution in [2.75, 3.05) is 6.61 Å². The molecule has 14 heteroatoms. The second kappa shape index (κ2) is 9.35. The predicted molar refractivity (Wildman–Crippen MR) is 113 cm³/mol. The molecule has 0 aromatic carbocycles. The van der Waals surface area contributed by atoms with E-state index in [4.69, 9.17) is 33.2 Å². The van der Waals surface area contributed by atoms with Crippen LogP contribution < -0.4 is 0 Å². The fourth-order valence-corrected chi connectivity index (χ4v) is 5.31. The van der Waals surface area contributed by atoms with Gasteiger partial charge >= 0.3 is 0 Å². The number of pyridine rings is 1. The van der Waals surface area contributed by atoms with Gasteiger partial charge in [0.25, 0.3) is 0 Å². The molecule has 3 unspecified atom stereocenters. The van der Waals surface area contributed by atoms with Crippen LogP contribution in [0, 0.1) is 11.3 Å². The number of aliphatic hydroxyl groups excluding tert-OH is 3. The molecule has 0 saturated carbocycles. The Morgan fingerprint density at radius 2 is 2.13 bits per heavy atom. The number of hydrogen-bond acceptors (Lipinski definition) is 11. The second-order valence-corrected chi connectivity index (χ2v) is 9.31. The fourth-order valence-electron chi connectivity index (χ4n) is 3.07. The van der Waals surface area contributed by atoms with E-state index in [9.17, 15) is 15.3 Å². The van der Waals surface area contributed by atoms with Gasteiger partial charge in [0.1, 0.15) is 51.7 Å². The lowest BCUT2D eigenvalue weighted by atomic mass is 9.97. The predicted octanol–water partition coefficient (Wildman–Crippen LogP) is 1.75.